The number of benzene rings is 1. The van der Waals surface area contributed by atoms with Gasteiger partial charge >= 0.3 is 0 Å². The van der Waals surface area contributed by atoms with Gasteiger partial charge in [-0.2, -0.15) is 0 Å². The highest BCUT2D eigenvalue weighted by Gasteiger charge is 2.27. The van der Waals surface area contributed by atoms with E-state index in [9.17, 15) is 14.0 Å². The molecule has 0 aliphatic carbocycles. The van der Waals surface area contributed by atoms with E-state index >= 15 is 0 Å². The van der Waals surface area contributed by atoms with E-state index in [1.807, 2.05) is 6.92 Å². The standard InChI is InChI=1S/C19H23BrClFN2O3/c1-4-6-10(9-23-14(26)5-2)15-11-7-13(27-3)16(20)17(22)18(11)24-19(15)12(25)8-21/h7,10,24H,4-6,8-9H2,1-3H3,(H,23,26). The lowest BCUT2D eigenvalue weighted by molar-refractivity contribution is -0.120. The summed E-state index contributed by atoms with van der Waals surface area (Å²) in [6.07, 6.45) is 1.93. The molecule has 1 heterocycles. The number of ether oxygens (including phenoxy) is 1. The number of Topliss-reactive ketones (excluding diaryl/α,β-unsaturated/α-hetero) is 1. The molecule has 0 aliphatic heterocycles. The molecule has 2 N–H and O–H groups in total. The Morgan fingerprint density at radius 1 is 1.41 bits per heavy atom. The minimum atomic E-state index is -0.535. The van der Waals surface area contributed by atoms with Crippen LogP contribution in [0.25, 0.3) is 10.9 Å². The average Bonchev–Trinajstić information content (AvgIpc) is 3.06. The third-order valence-electron chi connectivity index (χ3n) is 4.52. The van der Waals surface area contributed by atoms with Gasteiger partial charge in [-0.3, -0.25) is 9.59 Å². The van der Waals surface area contributed by atoms with Crippen molar-refractivity contribution < 1.29 is 18.7 Å². The first kappa shape index (κ1) is 21.7. The second-order valence-corrected chi connectivity index (χ2v) is 7.30. The van der Waals surface area contributed by atoms with E-state index in [-0.39, 0.29) is 39.2 Å². The van der Waals surface area contributed by atoms with Gasteiger partial charge in [0.1, 0.15) is 5.75 Å². The summed E-state index contributed by atoms with van der Waals surface area (Å²) in [6, 6.07) is 1.70. The third-order valence-corrected chi connectivity index (χ3v) is 5.50. The highest BCUT2D eigenvalue weighted by Crippen LogP contribution is 2.40. The van der Waals surface area contributed by atoms with Crippen molar-refractivity contribution in [2.75, 3.05) is 19.5 Å². The summed E-state index contributed by atoms with van der Waals surface area (Å²) >= 11 is 8.97. The summed E-state index contributed by atoms with van der Waals surface area (Å²) in [5, 5.41) is 3.44. The Morgan fingerprint density at radius 3 is 2.67 bits per heavy atom. The molecule has 2 aromatic rings. The Balaban J connectivity index is 2.70. The second-order valence-electron chi connectivity index (χ2n) is 6.24. The number of ketones is 1. The van der Waals surface area contributed by atoms with Gasteiger partial charge in [-0.15, -0.1) is 11.6 Å². The van der Waals surface area contributed by atoms with E-state index in [1.165, 1.54) is 7.11 Å². The zero-order valence-corrected chi connectivity index (χ0v) is 17.9. The molecule has 148 valence electrons. The number of amides is 1. The predicted molar refractivity (Wildman–Crippen MR) is 109 cm³/mol. The van der Waals surface area contributed by atoms with Crippen LogP contribution in [0.15, 0.2) is 10.5 Å². The van der Waals surface area contributed by atoms with Crippen LogP contribution in [0.1, 0.15) is 55.1 Å². The van der Waals surface area contributed by atoms with Crippen LogP contribution in [0.3, 0.4) is 0 Å². The van der Waals surface area contributed by atoms with Crippen molar-refractivity contribution in [2.24, 2.45) is 0 Å². The largest absolute Gasteiger partial charge is 0.495 e. The summed E-state index contributed by atoms with van der Waals surface area (Å²) in [4.78, 5) is 27.1. The van der Waals surface area contributed by atoms with Gasteiger partial charge in [0.2, 0.25) is 5.91 Å². The van der Waals surface area contributed by atoms with Crippen LogP contribution in [0, 0.1) is 5.82 Å². The minimum Gasteiger partial charge on any atom is -0.495 e. The van der Waals surface area contributed by atoms with Crippen LogP contribution in [0.4, 0.5) is 4.39 Å². The van der Waals surface area contributed by atoms with Crippen molar-refractivity contribution in [2.45, 2.75) is 39.0 Å². The summed E-state index contributed by atoms with van der Waals surface area (Å²) in [5.41, 5.74) is 1.16. The zero-order valence-electron chi connectivity index (χ0n) is 15.5. The molecule has 1 unspecified atom stereocenters. The summed E-state index contributed by atoms with van der Waals surface area (Å²) in [7, 11) is 1.45. The Bertz CT molecular complexity index is 853. The smallest absolute Gasteiger partial charge is 0.219 e. The number of carbonyl (C=O) groups excluding carboxylic acids is 2. The molecule has 0 spiro atoms. The van der Waals surface area contributed by atoms with Crippen molar-refractivity contribution in [3.05, 3.63) is 27.6 Å². The quantitative estimate of drug-likeness (QED) is 0.412. The lowest BCUT2D eigenvalue weighted by Crippen LogP contribution is -2.28. The number of carbonyl (C=O) groups is 2. The van der Waals surface area contributed by atoms with Gasteiger partial charge in [-0.1, -0.05) is 20.3 Å². The van der Waals surface area contributed by atoms with E-state index in [0.29, 0.717) is 29.7 Å². The molecular formula is C19H23BrClFN2O3. The highest BCUT2D eigenvalue weighted by atomic mass is 79.9. The van der Waals surface area contributed by atoms with E-state index < -0.39 is 5.82 Å². The van der Waals surface area contributed by atoms with Gasteiger partial charge in [0.05, 0.1) is 28.7 Å². The molecule has 27 heavy (non-hydrogen) atoms. The molecule has 0 bridgehead atoms. The van der Waals surface area contributed by atoms with Crippen LogP contribution in [0.2, 0.25) is 0 Å². The fourth-order valence-corrected chi connectivity index (χ4v) is 3.79. The highest BCUT2D eigenvalue weighted by molar-refractivity contribution is 9.10. The first-order valence-electron chi connectivity index (χ1n) is 8.82. The molecule has 0 aliphatic rings. The molecule has 0 saturated carbocycles. The number of hydrogen-bond donors (Lipinski definition) is 2. The number of halogens is 3. The average molecular weight is 462 g/mol. The van der Waals surface area contributed by atoms with Crippen LogP contribution in [-0.2, 0) is 4.79 Å². The molecule has 0 fully saturated rings. The summed E-state index contributed by atoms with van der Waals surface area (Å²) in [6.45, 7) is 4.15. The van der Waals surface area contributed by atoms with Crippen LogP contribution in [-0.4, -0.2) is 36.2 Å². The first-order valence-corrected chi connectivity index (χ1v) is 10.2. The first-order chi connectivity index (χ1) is 12.9. The van der Waals surface area contributed by atoms with Crippen molar-refractivity contribution in [3.8, 4) is 5.75 Å². The molecule has 0 radical (unpaired) electrons. The molecule has 2 rings (SSSR count). The number of H-pyrrole nitrogens is 1. The van der Waals surface area contributed by atoms with E-state index in [1.54, 1.807) is 13.0 Å². The van der Waals surface area contributed by atoms with Gasteiger partial charge in [-0.25, -0.2) is 4.39 Å². The van der Waals surface area contributed by atoms with Gasteiger partial charge in [-0.05, 0) is 34.0 Å². The molecule has 5 nitrogen and oxygen atoms in total. The van der Waals surface area contributed by atoms with Gasteiger partial charge in [0, 0.05) is 24.3 Å². The molecule has 1 aromatic heterocycles. The number of fused-ring (bicyclic) bond motifs is 1. The van der Waals surface area contributed by atoms with Gasteiger partial charge in [0.25, 0.3) is 0 Å². The SMILES string of the molecule is CCCC(CNC(=O)CC)c1c(C(=O)CCl)[nH]c2c(F)c(Br)c(OC)cc12. The van der Waals surface area contributed by atoms with Gasteiger partial charge in [0.15, 0.2) is 11.6 Å². The maximum absolute atomic E-state index is 14.9. The van der Waals surface area contributed by atoms with Crippen LogP contribution < -0.4 is 10.1 Å². The molecule has 1 atom stereocenters. The number of alkyl halides is 1. The summed E-state index contributed by atoms with van der Waals surface area (Å²) in [5.74, 6) is -0.982. The molecular weight excluding hydrogens is 439 g/mol. The molecule has 1 amide bonds. The molecule has 8 heteroatoms. The predicted octanol–water partition coefficient (Wildman–Crippen LogP) is 4.91. The van der Waals surface area contributed by atoms with Crippen molar-refractivity contribution in [1.29, 1.82) is 0 Å². The Kier molecular flexibility index (Phi) is 7.68. The van der Waals surface area contributed by atoms with Gasteiger partial charge < -0.3 is 15.0 Å². The maximum Gasteiger partial charge on any atom is 0.219 e. The summed E-state index contributed by atoms with van der Waals surface area (Å²) < 4.78 is 20.3. The number of aromatic nitrogens is 1. The number of nitrogens with one attached hydrogen (secondary N) is 2. The van der Waals surface area contributed by atoms with Crippen molar-refractivity contribution >= 4 is 50.1 Å². The zero-order chi connectivity index (χ0) is 20.1. The number of methoxy groups -OCH3 is 1. The monoisotopic (exact) mass is 460 g/mol. The van der Waals surface area contributed by atoms with Crippen LogP contribution in [0.5, 0.6) is 5.75 Å². The second kappa shape index (κ2) is 9.55. The van der Waals surface area contributed by atoms with E-state index in [4.69, 9.17) is 16.3 Å². The fourth-order valence-electron chi connectivity index (χ4n) is 3.18. The minimum absolute atomic E-state index is 0.0762. The Morgan fingerprint density at radius 2 is 2.11 bits per heavy atom. The molecule has 1 aromatic carbocycles. The number of aromatic amines is 1. The third kappa shape index (κ3) is 4.46. The number of rotatable bonds is 9. The van der Waals surface area contributed by atoms with Crippen molar-refractivity contribution in [3.63, 3.8) is 0 Å². The topological polar surface area (TPSA) is 71.2 Å². The van der Waals surface area contributed by atoms with E-state index in [2.05, 4.69) is 26.2 Å². The lowest BCUT2D eigenvalue weighted by atomic mass is 9.90. The van der Waals surface area contributed by atoms with Crippen LogP contribution >= 0.6 is 27.5 Å². The lowest BCUT2D eigenvalue weighted by Gasteiger charge is -2.18. The fraction of sp³-hybridized carbons (Fsp3) is 0.474. The Hall–Kier alpha value is -1.60. The Labute approximate surface area is 171 Å². The molecule has 0 saturated heterocycles. The normalized spacial score (nSPS) is 12.2. The van der Waals surface area contributed by atoms with Crippen molar-refractivity contribution in [1.82, 2.24) is 10.3 Å². The van der Waals surface area contributed by atoms with E-state index in [0.717, 1.165) is 12.8 Å². The number of hydrogen-bond acceptors (Lipinski definition) is 3. The maximum atomic E-state index is 14.9.